The minimum Gasteiger partial charge on any atom is -0.481 e. The van der Waals surface area contributed by atoms with E-state index >= 15 is 0 Å². The van der Waals surface area contributed by atoms with Crippen molar-refractivity contribution in [2.24, 2.45) is 0 Å². The first-order valence-corrected chi connectivity index (χ1v) is 6.97. The number of benzene rings is 1. The molecule has 0 fully saturated rings. The van der Waals surface area contributed by atoms with Crippen LogP contribution in [0.3, 0.4) is 0 Å². The summed E-state index contributed by atoms with van der Waals surface area (Å²) in [6.07, 6.45) is -0.178. The number of thioether (sulfide) groups is 1. The van der Waals surface area contributed by atoms with Crippen LogP contribution < -0.4 is 4.90 Å². The fourth-order valence-electron chi connectivity index (χ4n) is 1.60. The molecule has 104 valence electrons. The molecule has 0 saturated carbocycles. The molecule has 0 spiro atoms. The third kappa shape index (κ3) is 4.82. The van der Waals surface area contributed by atoms with Crippen molar-refractivity contribution in [2.75, 3.05) is 23.6 Å². The summed E-state index contributed by atoms with van der Waals surface area (Å²) in [6.45, 7) is 2.04. The standard InChI is InChI=1S/C13H17NO4S/c1-3-19-8-14(2)11-5-9(6-12(15)16)4-10(7-11)13(17)18/h4-5,7H,3,6,8H2,1-2H3,(H,15,16)(H,17,18). The summed E-state index contributed by atoms with van der Waals surface area (Å²) < 4.78 is 0. The van der Waals surface area contributed by atoms with Gasteiger partial charge in [0.05, 0.1) is 17.9 Å². The Kier molecular flexibility index (Phi) is 5.69. The van der Waals surface area contributed by atoms with Gasteiger partial charge in [0.1, 0.15) is 0 Å². The maximum atomic E-state index is 11.1. The lowest BCUT2D eigenvalue weighted by Crippen LogP contribution is -2.17. The van der Waals surface area contributed by atoms with Crippen LogP contribution in [-0.4, -0.2) is 40.8 Å². The summed E-state index contributed by atoms with van der Waals surface area (Å²) in [5.41, 5.74) is 1.33. The molecule has 0 saturated heterocycles. The molecule has 1 aromatic carbocycles. The van der Waals surface area contributed by atoms with E-state index in [2.05, 4.69) is 0 Å². The van der Waals surface area contributed by atoms with Crippen LogP contribution in [0.1, 0.15) is 22.8 Å². The lowest BCUT2D eigenvalue weighted by atomic mass is 10.1. The number of nitrogens with zero attached hydrogens (tertiary/aromatic N) is 1. The maximum absolute atomic E-state index is 11.1. The molecule has 0 aliphatic heterocycles. The summed E-state index contributed by atoms with van der Waals surface area (Å²) in [4.78, 5) is 23.7. The van der Waals surface area contributed by atoms with Crippen molar-refractivity contribution in [3.63, 3.8) is 0 Å². The number of hydrogen-bond acceptors (Lipinski definition) is 4. The molecule has 19 heavy (non-hydrogen) atoms. The smallest absolute Gasteiger partial charge is 0.335 e. The number of carboxylic acid groups (broad SMARTS) is 2. The van der Waals surface area contributed by atoms with Crippen molar-refractivity contribution in [1.82, 2.24) is 0 Å². The molecule has 2 N–H and O–H groups in total. The summed E-state index contributed by atoms with van der Waals surface area (Å²) in [6, 6.07) is 4.68. The van der Waals surface area contributed by atoms with Crippen molar-refractivity contribution < 1.29 is 19.8 Å². The highest BCUT2D eigenvalue weighted by molar-refractivity contribution is 7.99. The molecule has 0 radical (unpaired) electrons. The molecule has 0 amide bonds. The zero-order chi connectivity index (χ0) is 14.4. The third-order valence-corrected chi connectivity index (χ3v) is 3.49. The van der Waals surface area contributed by atoms with Crippen molar-refractivity contribution in [1.29, 1.82) is 0 Å². The quantitative estimate of drug-likeness (QED) is 0.747. The number of hydrogen-bond donors (Lipinski definition) is 2. The van der Waals surface area contributed by atoms with Crippen LogP contribution in [0.15, 0.2) is 18.2 Å². The van der Waals surface area contributed by atoms with E-state index in [0.29, 0.717) is 5.56 Å². The molecule has 0 atom stereocenters. The summed E-state index contributed by atoms with van der Waals surface area (Å²) >= 11 is 1.71. The second-order valence-corrected chi connectivity index (χ2v) is 5.33. The SMILES string of the molecule is CCSCN(C)c1cc(CC(=O)O)cc(C(=O)O)c1. The van der Waals surface area contributed by atoms with Crippen LogP contribution in [0.5, 0.6) is 0 Å². The zero-order valence-electron chi connectivity index (χ0n) is 10.9. The van der Waals surface area contributed by atoms with Gasteiger partial charge in [-0.05, 0) is 29.5 Å². The Morgan fingerprint density at radius 3 is 2.47 bits per heavy atom. The van der Waals surface area contributed by atoms with Gasteiger partial charge in [0.2, 0.25) is 0 Å². The normalized spacial score (nSPS) is 10.2. The molecule has 0 heterocycles. The van der Waals surface area contributed by atoms with Crippen LogP contribution >= 0.6 is 11.8 Å². The maximum Gasteiger partial charge on any atom is 0.335 e. The first-order valence-electron chi connectivity index (χ1n) is 5.82. The molecule has 1 rings (SSSR count). The van der Waals surface area contributed by atoms with Gasteiger partial charge in [-0.3, -0.25) is 4.79 Å². The average molecular weight is 283 g/mol. The van der Waals surface area contributed by atoms with Crippen molar-refractivity contribution in [3.05, 3.63) is 29.3 Å². The second kappa shape index (κ2) is 7.04. The van der Waals surface area contributed by atoms with Crippen molar-refractivity contribution in [2.45, 2.75) is 13.3 Å². The van der Waals surface area contributed by atoms with E-state index in [1.807, 2.05) is 18.9 Å². The van der Waals surface area contributed by atoms with Gasteiger partial charge < -0.3 is 15.1 Å². The fourth-order valence-corrected chi connectivity index (χ4v) is 2.20. The molecule has 1 aromatic rings. The van der Waals surface area contributed by atoms with E-state index in [4.69, 9.17) is 10.2 Å². The number of aliphatic carboxylic acids is 1. The largest absolute Gasteiger partial charge is 0.481 e. The summed E-state index contributed by atoms with van der Waals surface area (Å²) in [5.74, 6) is -0.332. The van der Waals surface area contributed by atoms with E-state index < -0.39 is 11.9 Å². The second-order valence-electron chi connectivity index (χ2n) is 4.08. The van der Waals surface area contributed by atoms with Gasteiger partial charge in [-0.25, -0.2) is 4.79 Å². The van der Waals surface area contributed by atoms with Gasteiger partial charge in [-0.15, -0.1) is 11.8 Å². The summed E-state index contributed by atoms with van der Waals surface area (Å²) in [5, 5.41) is 17.9. The van der Waals surface area contributed by atoms with Gasteiger partial charge in [-0.2, -0.15) is 0 Å². The minimum atomic E-state index is -1.05. The van der Waals surface area contributed by atoms with Crippen LogP contribution in [0.2, 0.25) is 0 Å². The Hall–Kier alpha value is -1.69. The predicted octanol–water partition coefficient (Wildman–Crippen LogP) is 2.16. The topological polar surface area (TPSA) is 77.8 Å². The Bertz CT molecular complexity index is 476. The van der Waals surface area contributed by atoms with Gasteiger partial charge in [0, 0.05) is 12.7 Å². The first-order chi connectivity index (χ1) is 8.93. The van der Waals surface area contributed by atoms with Crippen molar-refractivity contribution >= 4 is 29.4 Å². The fraction of sp³-hybridized carbons (Fsp3) is 0.385. The van der Waals surface area contributed by atoms with Gasteiger partial charge in [0.15, 0.2) is 0 Å². The molecular weight excluding hydrogens is 266 g/mol. The average Bonchev–Trinajstić information content (AvgIpc) is 2.34. The number of anilines is 1. The van der Waals surface area contributed by atoms with E-state index in [1.165, 1.54) is 6.07 Å². The van der Waals surface area contributed by atoms with E-state index in [-0.39, 0.29) is 12.0 Å². The van der Waals surface area contributed by atoms with Crippen LogP contribution in [0.4, 0.5) is 5.69 Å². The third-order valence-electron chi connectivity index (χ3n) is 2.51. The van der Waals surface area contributed by atoms with Gasteiger partial charge >= 0.3 is 11.9 Å². The molecule has 0 aliphatic rings. The molecule has 6 heteroatoms. The monoisotopic (exact) mass is 283 g/mol. The Morgan fingerprint density at radius 2 is 1.95 bits per heavy atom. The number of aromatic carboxylic acids is 1. The molecule has 0 bridgehead atoms. The minimum absolute atomic E-state index is 0.113. The Labute approximate surface area is 116 Å². The highest BCUT2D eigenvalue weighted by atomic mass is 32.2. The van der Waals surface area contributed by atoms with Crippen LogP contribution in [0.25, 0.3) is 0 Å². The zero-order valence-corrected chi connectivity index (χ0v) is 11.7. The van der Waals surface area contributed by atoms with Crippen molar-refractivity contribution in [3.8, 4) is 0 Å². The Morgan fingerprint density at radius 1 is 1.26 bits per heavy atom. The molecular formula is C13H17NO4S. The van der Waals surface area contributed by atoms with E-state index in [9.17, 15) is 9.59 Å². The molecule has 0 aliphatic carbocycles. The lowest BCUT2D eigenvalue weighted by molar-refractivity contribution is -0.136. The first kappa shape index (κ1) is 15.4. The predicted molar refractivity (Wildman–Crippen MR) is 76.1 cm³/mol. The number of carbonyl (C=O) groups is 2. The number of carboxylic acids is 2. The van der Waals surface area contributed by atoms with Crippen LogP contribution in [-0.2, 0) is 11.2 Å². The van der Waals surface area contributed by atoms with Gasteiger partial charge in [-0.1, -0.05) is 6.92 Å². The van der Waals surface area contributed by atoms with E-state index in [0.717, 1.165) is 17.3 Å². The van der Waals surface area contributed by atoms with Gasteiger partial charge in [0.25, 0.3) is 0 Å². The summed E-state index contributed by atoms with van der Waals surface area (Å²) in [7, 11) is 1.86. The lowest BCUT2D eigenvalue weighted by Gasteiger charge is -2.20. The highest BCUT2D eigenvalue weighted by Crippen LogP contribution is 2.21. The Balaban J connectivity index is 3.05. The van der Waals surface area contributed by atoms with E-state index in [1.54, 1.807) is 23.9 Å². The molecule has 0 aromatic heterocycles. The van der Waals surface area contributed by atoms with Crippen LogP contribution in [0, 0.1) is 0 Å². The number of rotatable bonds is 7. The molecule has 0 unspecified atom stereocenters. The molecule has 5 nitrogen and oxygen atoms in total. The highest BCUT2D eigenvalue weighted by Gasteiger charge is 2.11.